The molecule has 1 N–H and O–H groups in total. The summed E-state index contributed by atoms with van der Waals surface area (Å²) in [6.45, 7) is 2.47. The number of carbonyl (C=O) groups excluding carboxylic acids is 3. The Labute approximate surface area is 144 Å². The highest BCUT2D eigenvalue weighted by Crippen LogP contribution is 2.50. The molecule has 25 heavy (non-hydrogen) atoms. The summed E-state index contributed by atoms with van der Waals surface area (Å²) in [4.78, 5) is 40.6. The summed E-state index contributed by atoms with van der Waals surface area (Å²) in [6, 6.07) is 6.54. The highest BCUT2D eigenvalue weighted by Gasteiger charge is 2.75. The largest absolute Gasteiger partial charge is 0.463 e. The van der Waals surface area contributed by atoms with Gasteiger partial charge in [0.05, 0.1) is 13.2 Å². The van der Waals surface area contributed by atoms with Crippen molar-refractivity contribution in [2.45, 2.75) is 18.2 Å². The van der Waals surface area contributed by atoms with Crippen molar-refractivity contribution in [3.8, 4) is 0 Å². The summed E-state index contributed by atoms with van der Waals surface area (Å²) < 4.78 is 17.0. The van der Waals surface area contributed by atoms with E-state index in [1.807, 2.05) is 0 Å². The quantitative estimate of drug-likeness (QED) is 0.587. The van der Waals surface area contributed by atoms with E-state index in [-0.39, 0.29) is 49.9 Å². The van der Waals surface area contributed by atoms with E-state index >= 15 is 0 Å². The summed E-state index contributed by atoms with van der Waals surface area (Å²) in [6.07, 6.45) is 0. The van der Waals surface area contributed by atoms with Crippen LogP contribution in [0.5, 0.6) is 0 Å². The van der Waals surface area contributed by atoms with Crippen molar-refractivity contribution in [2.24, 2.45) is 0 Å². The van der Waals surface area contributed by atoms with E-state index in [0.717, 1.165) is 0 Å². The second-order valence-electron chi connectivity index (χ2n) is 6.01. The molecule has 0 aromatic heterocycles. The van der Waals surface area contributed by atoms with E-state index < -0.39 is 23.2 Å². The molecule has 2 unspecified atom stereocenters. The fraction of sp³-hybridized carbons (Fsp3) is 0.471. The van der Waals surface area contributed by atoms with Gasteiger partial charge < -0.3 is 19.5 Å². The van der Waals surface area contributed by atoms with Crippen molar-refractivity contribution in [2.75, 3.05) is 32.9 Å². The molecular weight excluding hydrogens is 328 g/mol. The van der Waals surface area contributed by atoms with E-state index in [1.165, 1.54) is 4.90 Å². The van der Waals surface area contributed by atoms with Crippen molar-refractivity contribution < 1.29 is 28.6 Å². The first kappa shape index (κ1) is 16.0. The summed E-state index contributed by atoms with van der Waals surface area (Å²) >= 11 is 0. The fourth-order valence-corrected chi connectivity index (χ4v) is 3.93. The number of rotatable bonds is 2. The molecule has 2 atom stereocenters. The van der Waals surface area contributed by atoms with Crippen LogP contribution in [0.1, 0.15) is 22.8 Å². The Balaban J connectivity index is 2.09. The number of esters is 1. The molecule has 2 fully saturated rings. The zero-order valence-corrected chi connectivity index (χ0v) is 13.7. The number of ether oxygens (including phenoxy) is 3. The van der Waals surface area contributed by atoms with E-state index in [4.69, 9.17) is 14.2 Å². The molecule has 132 valence electrons. The molecule has 0 aliphatic carbocycles. The normalized spacial score (nSPS) is 31.2. The third kappa shape index (κ3) is 1.81. The predicted molar refractivity (Wildman–Crippen MR) is 83.4 cm³/mol. The molecule has 2 amide bonds. The van der Waals surface area contributed by atoms with Gasteiger partial charge >= 0.3 is 5.97 Å². The molecule has 3 aliphatic heterocycles. The van der Waals surface area contributed by atoms with Crippen LogP contribution in [0.15, 0.2) is 24.3 Å². The van der Waals surface area contributed by atoms with Crippen LogP contribution in [0, 0.1) is 0 Å². The molecule has 3 aliphatic rings. The van der Waals surface area contributed by atoms with Crippen LogP contribution in [0.4, 0.5) is 0 Å². The lowest BCUT2D eigenvalue weighted by Crippen LogP contribution is -2.74. The van der Waals surface area contributed by atoms with Gasteiger partial charge in [-0.2, -0.15) is 0 Å². The topological polar surface area (TPSA) is 94.2 Å². The van der Waals surface area contributed by atoms with Gasteiger partial charge in [-0.3, -0.25) is 19.3 Å². The maximum absolute atomic E-state index is 13.2. The number of hydrogen-bond acceptors (Lipinski definition) is 6. The number of nitrogens with zero attached hydrogens (tertiary/aromatic N) is 1. The van der Waals surface area contributed by atoms with E-state index in [9.17, 15) is 14.4 Å². The molecule has 8 heteroatoms. The van der Waals surface area contributed by atoms with Gasteiger partial charge in [0.1, 0.15) is 6.61 Å². The molecule has 4 rings (SSSR count). The minimum atomic E-state index is -1.93. The molecule has 0 radical (unpaired) electrons. The molecule has 2 saturated heterocycles. The molecule has 1 spiro atoms. The average Bonchev–Trinajstić information content (AvgIpc) is 2.98. The lowest BCUT2D eigenvalue weighted by Gasteiger charge is -2.50. The third-order valence-corrected chi connectivity index (χ3v) is 4.86. The van der Waals surface area contributed by atoms with Crippen molar-refractivity contribution >= 4 is 17.8 Å². The van der Waals surface area contributed by atoms with Crippen LogP contribution in [-0.2, 0) is 29.2 Å². The highest BCUT2D eigenvalue weighted by atomic mass is 16.7. The Kier molecular flexibility index (Phi) is 3.55. The Bertz CT molecular complexity index is 745. The van der Waals surface area contributed by atoms with Crippen LogP contribution in [0.2, 0.25) is 0 Å². The first-order valence-corrected chi connectivity index (χ1v) is 8.24. The average molecular weight is 346 g/mol. The monoisotopic (exact) mass is 346 g/mol. The van der Waals surface area contributed by atoms with Crippen molar-refractivity contribution in [1.29, 1.82) is 0 Å². The van der Waals surface area contributed by atoms with Gasteiger partial charge in [0.15, 0.2) is 0 Å². The van der Waals surface area contributed by atoms with Crippen LogP contribution >= 0.6 is 0 Å². The molecule has 3 heterocycles. The molecular formula is C17H18N2O6. The zero-order valence-electron chi connectivity index (χ0n) is 13.7. The number of fused-ring (bicyclic) bond motifs is 4. The molecule has 0 saturated carbocycles. The Hall–Kier alpha value is -2.45. The number of carbonyl (C=O) groups is 3. The van der Waals surface area contributed by atoms with Crippen molar-refractivity contribution in [1.82, 2.24) is 10.2 Å². The van der Waals surface area contributed by atoms with Crippen LogP contribution in [-0.4, -0.2) is 61.5 Å². The Morgan fingerprint density at radius 2 is 2.04 bits per heavy atom. The summed E-state index contributed by atoms with van der Waals surface area (Å²) in [5.74, 6) is -3.55. The lowest BCUT2D eigenvalue weighted by atomic mass is 9.70. The molecule has 0 bridgehead atoms. The smallest absolute Gasteiger partial charge is 0.334 e. The standard InChI is InChI=1S/C17H18N2O6/c1-2-24-17-16(14(21)18-7-9-23-15(16)22)12-6-4-3-5-11(12)13(20)19(17)8-10-25-17/h3-6H,2,7-10H2,1H3,(H,18,21). The Morgan fingerprint density at radius 3 is 2.84 bits per heavy atom. The maximum Gasteiger partial charge on any atom is 0.334 e. The van der Waals surface area contributed by atoms with Gasteiger partial charge in [0.2, 0.25) is 11.3 Å². The SMILES string of the molecule is CCOC12OCCN1C(=O)c1ccccc1C21C(=O)NCCOC1=O. The van der Waals surface area contributed by atoms with Crippen LogP contribution in [0.3, 0.4) is 0 Å². The third-order valence-electron chi connectivity index (χ3n) is 4.86. The zero-order chi connectivity index (χ0) is 17.7. The van der Waals surface area contributed by atoms with Gasteiger partial charge in [-0.15, -0.1) is 0 Å². The van der Waals surface area contributed by atoms with Crippen molar-refractivity contribution in [3.05, 3.63) is 35.4 Å². The van der Waals surface area contributed by atoms with E-state index in [0.29, 0.717) is 0 Å². The van der Waals surface area contributed by atoms with Gasteiger partial charge in [-0.05, 0) is 18.6 Å². The number of benzene rings is 1. The van der Waals surface area contributed by atoms with Gasteiger partial charge in [-0.1, -0.05) is 18.2 Å². The van der Waals surface area contributed by atoms with E-state index in [1.54, 1.807) is 31.2 Å². The molecule has 1 aromatic carbocycles. The minimum Gasteiger partial charge on any atom is -0.463 e. The first-order chi connectivity index (χ1) is 12.1. The molecule has 8 nitrogen and oxygen atoms in total. The Morgan fingerprint density at radius 1 is 1.24 bits per heavy atom. The summed E-state index contributed by atoms with van der Waals surface area (Å²) in [5.41, 5.74) is -1.41. The lowest BCUT2D eigenvalue weighted by molar-refractivity contribution is -0.295. The van der Waals surface area contributed by atoms with Gasteiger partial charge in [0.25, 0.3) is 11.8 Å². The van der Waals surface area contributed by atoms with Gasteiger partial charge in [-0.25, -0.2) is 0 Å². The van der Waals surface area contributed by atoms with Crippen molar-refractivity contribution in [3.63, 3.8) is 0 Å². The van der Waals surface area contributed by atoms with Crippen LogP contribution < -0.4 is 5.32 Å². The van der Waals surface area contributed by atoms with Gasteiger partial charge in [0, 0.05) is 18.7 Å². The minimum absolute atomic E-state index is 0.0463. The summed E-state index contributed by atoms with van der Waals surface area (Å²) in [5, 5.41) is 2.70. The first-order valence-electron chi connectivity index (χ1n) is 8.24. The number of hydrogen-bond donors (Lipinski definition) is 1. The maximum atomic E-state index is 13.2. The second-order valence-corrected chi connectivity index (χ2v) is 6.01. The second kappa shape index (κ2) is 5.53. The predicted octanol–water partition coefficient (Wildman–Crippen LogP) is -0.226. The fourth-order valence-electron chi connectivity index (χ4n) is 3.93. The number of nitrogens with one attached hydrogen (secondary N) is 1. The van der Waals surface area contributed by atoms with Crippen LogP contribution in [0.25, 0.3) is 0 Å². The molecule has 1 aromatic rings. The van der Waals surface area contributed by atoms with E-state index in [2.05, 4.69) is 5.32 Å². The highest BCUT2D eigenvalue weighted by molar-refractivity contribution is 6.15. The number of amides is 2. The summed E-state index contributed by atoms with van der Waals surface area (Å²) in [7, 11) is 0. The number of cyclic esters (lactones) is 1.